The van der Waals surface area contributed by atoms with Gasteiger partial charge in [0.2, 0.25) is 0 Å². The minimum atomic E-state index is 0.00362. The average molecular weight is 247 g/mol. The second-order valence-electron chi connectivity index (χ2n) is 2.37. The second kappa shape index (κ2) is 5.09. The molecule has 0 saturated carbocycles. The Balaban J connectivity index is 2.78. The maximum absolute atomic E-state index is 8.57. The number of halogens is 1. The van der Waals surface area contributed by atoms with Crippen molar-refractivity contribution in [2.75, 3.05) is 20.3 Å². The summed E-state index contributed by atoms with van der Waals surface area (Å²) in [6, 6.07) is 5.43. The van der Waals surface area contributed by atoms with Crippen LogP contribution in [0.3, 0.4) is 0 Å². The molecule has 13 heavy (non-hydrogen) atoms. The Morgan fingerprint density at radius 3 is 2.85 bits per heavy atom. The van der Waals surface area contributed by atoms with Crippen molar-refractivity contribution in [3.8, 4) is 11.5 Å². The van der Waals surface area contributed by atoms with Crippen LogP contribution in [0, 0.1) is 0 Å². The third-order valence-electron chi connectivity index (χ3n) is 1.49. The minimum absolute atomic E-state index is 0.00362. The zero-order chi connectivity index (χ0) is 9.68. The number of benzene rings is 1. The Morgan fingerprint density at radius 2 is 2.23 bits per heavy atom. The van der Waals surface area contributed by atoms with E-state index in [0.717, 1.165) is 10.2 Å². The third kappa shape index (κ3) is 2.90. The predicted octanol–water partition coefficient (Wildman–Crippen LogP) is 1.83. The van der Waals surface area contributed by atoms with Gasteiger partial charge in [0.15, 0.2) is 0 Å². The van der Waals surface area contributed by atoms with E-state index in [4.69, 9.17) is 14.6 Å². The van der Waals surface area contributed by atoms with Crippen LogP contribution < -0.4 is 9.47 Å². The number of aliphatic hydroxyl groups excluding tert-OH is 1. The first-order valence-corrected chi connectivity index (χ1v) is 4.64. The van der Waals surface area contributed by atoms with E-state index in [1.54, 1.807) is 13.2 Å². The Bertz CT molecular complexity index is 276. The Labute approximate surface area is 85.4 Å². The van der Waals surface area contributed by atoms with E-state index >= 15 is 0 Å². The molecule has 0 atom stereocenters. The molecule has 0 radical (unpaired) electrons. The summed E-state index contributed by atoms with van der Waals surface area (Å²) >= 11 is 3.33. The zero-order valence-corrected chi connectivity index (χ0v) is 8.87. The maximum atomic E-state index is 8.57. The lowest BCUT2D eigenvalue weighted by atomic mass is 10.3. The van der Waals surface area contributed by atoms with Gasteiger partial charge in [-0.1, -0.05) is 0 Å². The fraction of sp³-hybridized carbons (Fsp3) is 0.333. The van der Waals surface area contributed by atoms with Crippen LogP contribution in [0.15, 0.2) is 22.7 Å². The van der Waals surface area contributed by atoms with E-state index in [9.17, 15) is 0 Å². The molecule has 3 nitrogen and oxygen atoms in total. The van der Waals surface area contributed by atoms with Gasteiger partial charge in [0, 0.05) is 6.07 Å². The fourth-order valence-electron chi connectivity index (χ4n) is 0.877. The molecule has 0 heterocycles. The predicted molar refractivity (Wildman–Crippen MR) is 53.3 cm³/mol. The van der Waals surface area contributed by atoms with Crippen molar-refractivity contribution in [1.82, 2.24) is 0 Å². The Morgan fingerprint density at radius 1 is 1.46 bits per heavy atom. The molecule has 0 aliphatic rings. The zero-order valence-electron chi connectivity index (χ0n) is 7.29. The molecular formula is C9H11BrO3. The number of methoxy groups -OCH3 is 1. The van der Waals surface area contributed by atoms with Crippen molar-refractivity contribution in [1.29, 1.82) is 0 Å². The normalized spacial score (nSPS) is 9.77. The minimum Gasteiger partial charge on any atom is -0.497 e. The van der Waals surface area contributed by atoms with Crippen LogP contribution in [-0.2, 0) is 0 Å². The second-order valence-corrected chi connectivity index (χ2v) is 3.22. The topological polar surface area (TPSA) is 38.7 Å². The van der Waals surface area contributed by atoms with E-state index < -0.39 is 0 Å². The van der Waals surface area contributed by atoms with E-state index in [1.165, 1.54) is 0 Å². The van der Waals surface area contributed by atoms with Crippen LogP contribution in [0.2, 0.25) is 0 Å². The van der Waals surface area contributed by atoms with Crippen LogP contribution >= 0.6 is 15.9 Å². The molecule has 0 aliphatic heterocycles. The van der Waals surface area contributed by atoms with E-state index in [2.05, 4.69) is 15.9 Å². The first-order valence-electron chi connectivity index (χ1n) is 3.85. The highest BCUT2D eigenvalue weighted by atomic mass is 79.9. The van der Waals surface area contributed by atoms with Crippen molar-refractivity contribution in [3.63, 3.8) is 0 Å². The lowest BCUT2D eigenvalue weighted by Gasteiger charge is -2.08. The summed E-state index contributed by atoms with van der Waals surface area (Å²) in [5.74, 6) is 1.41. The van der Waals surface area contributed by atoms with Gasteiger partial charge in [-0.05, 0) is 28.1 Å². The Kier molecular flexibility index (Phi) is 4.05. The summed E-state index contributed by atoms with van der Waals surface area (Å²) in [5, 5.41) is 8.57. The van der Waals surface area contributed by atoms with Gasteiger partial charge in [-0.15, -0.1) is 0 Å². The molecule has 4 heteroatoms. The van der Waals surface area contributed by atoms with E-state index in [0.29, 0.717) is 5.75 Å². The van der Waals surface area contributed by atoms with Gasteiger partial charge in [0.1, 0.15) is 18.1 Å². The Hall–Kier alpha value is -0.740. The number of ether oxygens (including phenoxy) is 2. The third-order valence-corrected chi connectivity index (χ3v) is 2.14. The van der Waals surface area contributed by atoms with Crippen molar-refractivity contribution in [2.24, 2.45) is 0 Å². The molecule has 0 bridgehead atoms. The molecule has 0 fully saturated rings. The number of rotatable bonds is 4. The van der Waals surface area contributed by atoms with Crippen molar-refractivity contribution < 1.29 is 14.6 Å². The van der Waals surface area contributed by atoms with Gasteiger partial charge in [-0.25, -0.2) is 0 Å². The van der Waals surface area contributed by atoms with Crippen LogP contribution in [-0.4, -0.2) is 25.4 Å². The standard InChI is InChI=1S/C9H11BrO3/c1-12-7-2-3-8(10)9(6-7)13-5-4-11/h2-3,6,11H,4-5H2,1H3. The molecule has 1 rings (SSSR count). The van der Waals surface area contributed by atoms with Crippen LogP contribution in [0.25, 0.3) is 0 Å². The van der Waals surface area contributed by atoms with Crippen molar-refractivity contribution in [2.45, 2.75) is 0 Å². The first kappa shape index (κ1) is 10.3. The molecule has 0 aliphatic carbocycles. The van der Waals surface area contributed by atoms with Gasteiger partial charge in [0.05, 0.1) is 18.2 Å². The molecule has 1 N–H and O–H groups in total. The smallest absolute Gasteiger partial charge is 0.137 e. The lowest BCUT2D eigenvalue weighted by Crippen LogP contribution is -2.02. The van der Waals surface area contributed by atoms with Gasteiger partial charge in [-0.3, -0.25) is 0 Å². The highest BCUT2D eigenvalue weighted by Gasteiger charge is 2.02. The summed E-state index contributed by atoms with van der Waals surface area (Å²) in [5.41, 5.74) is 0. The molecule has 1 aromatic rings. The summed E-state index contributed by atoms with van der Waals surface area (Å²) in [6.07, 6.45) is 0. The molecule has 0 aromatic heterocycles. The number of hydrogen-bond donors (Lipinski definition) is 1. The lowest BCUT2D eigenvalue weighted by molar-refractivity contribution is 0.200. The average Bonchev–Trinajstić information content (AvgIpc) is 2.17. The van der Waals surface area contributed by atoms with Gasteiger partial charge in [0.25, 0.3) is 0 Å². The van der Waals surface area contributed by atoms with E-state index in [1.807, 2.05) is 12.1 Å². The van der Waals surface area contributed by atoms with Crippen LogP contribution in [0.5, 0.6) is 11.5 Å². The van der Waals surface area contributed by atoms with Crippen molar-refractivity contribution in [3.05, 3.63) is 22.7 Å². The van der Waals surface area contributed by atoms with Crippen molar-refractivity contribution >= 4 is 15.9 Å². The SMILES string of the molecule is COc1ccc(Br)c(OCCO)c1. The fourth-order valence-corrected chi connectivity index (χ4v) is 1.24. The molecule has 72 valence electrons. The summed E-state index contributed by atoms with van der Waals surface area (Å²) < 4.78 is 11.1. The maximum Gasteiger partial charge on any atom is 0.137 e. The summed E-state index contributed by atoms with van der Waals surface area (Å²) in [6.45, 7) is 0.287. The quantitative estimate of drug-likeness (QED) is 0.882. The molecule has 0 spiro atoms. The molecular weight excluding hydrogens is 236 g/mol. The van der Waals surface area contributed by atoms with Gasteiger partial charge < -0.3 is 14.6 Å². The summed E-state index contributed by atoms with van der Waals surface area (Å²) in [7, 11) is 1.60. The number of hydrogen-bond acceptors (Lipinski definition) is 3. The monoisotopic (exact) mass is 246 g/mol. The molecule has 0 unspecified atom stereocenters. The van der Waals surface area contributed by atoms with Gasteiger partial charge in [-0.2, -0.15) is 0 Å². The van der Waals surface area contributed by atoms with Crippen LogP contribution in [0.4, 0.5) is 0 Å². The van der Waals surface area contributed by atoms with E-state index in [-0.39, 0.29) is 13.2 Å². The molecule has 0 saturated heterocycles. The highest BCUT2D eigenvalue weighted by molar-refractivity contribution is 9.10. The largest absolute Gasteiger partial charge is 0.497 e. The van der Waals surface area contributed by atoms with Crippen LogP contribution in [0.1, 0.15) is 0 Å². The molecule has 1 aromatic carbocycles. The molecule has 0 amide bonds. The highest BCUT2D eigenvalue weighted by Crippen LogP contribution is 2.28. The van der Waals surface area contributed by atoms with Gasteiger partial charge >= 0.3 is 0 Å². The number of aliphatic hydroxyl groups is 1. The summed E-state index contributed by atoms with van der Waals surface area (Å²) in [4.78, 5) is 0. The first-order chi connectivity index (χ1) is 6.27.